The summed E-state index contributed by atoms with van der Waals surface area (Å²) in [4.78, 5) is 13.9. The number of carbonyl (C=O) groups is 1. The molecule has 0 aromatic heterocycles. The number of para-hydroxylation sites is 1. The van der Waals surface area contributed by atoms with Gasteiger partial charge in [-0.25, -0.2) is 0 Å². The fraction of sp³-hybridized carbons (Fsp3) is 0.500. The quantitative estimate of drug-likeness (QED) is 0.210. The molecule has 2 unspecified atom stereocenters. The third-order valence-electron chi connectivity index (χ3n) is 5.21. The summed E-state index contributed by atoms with van der Waals surface area (Å²) in [5.74, 6) is 0.854. The Morgan fingerprint density at radius 1 is 1.15 bits per heavy atom. The van der Waals surface area contributed by atoms with Gasteiger partial charge >= 0.3 is 0 Å². The molecule has 1 aliphatic carbocycles. The zero-order chi connectivity index (χ0) is 24.3. The maximum absolute atomic E-state index is 13.2. The fourth-order valence-corrected chi connectivity index (χ4v) is 5.78. The number of unbranched alkanes of at least 4 members (excludes halogenated alkanes) is 1. The van der Waals surface area contributed by atoms with Crippen molar-refractivity contribution in [3.8, 4) is 5.75 Å². The Morgan fingerprint density at radius 3 is 2.52 bits per heavy atom. The SMILES string of the molecule is CSC1=CC(CCCCOc2ccccc2)(O[Si](C)(C)C)C(=CC=CC(O)CCCO)C1=O. The van der Waals surface area contributed by atoms with Gasteiger partial charge in [0.1, 0.15) is 11.4 Å². The molecule has 2 atom stereocenters. The van der Waals surface area contributed by atoms with Crippen LogP contribution in [0.4, 0.5) is 0 Å². The summed E-state index contributed by atoms with van der Waals surface area (Å²) in [5, 5.41) is 19.0. The molecule has 0 bridgehead atoms. The lowest BCUT2D eigenvalue weighted by Crippen LogP contribution is -2.42. The van der Waals surface area contributed by atoms with Gasteiger partial charge in [0.2, 0.25) is 0 Å². The number of thioether (sulfide) groups is 1. The Balaban J connectivity index is 2.17. The van der Waals surface area contributed by atoms with E-state index in [0.29, 0.717) is 36.3 Å². The molecule has 7 heteroatoms. The van der Waals surface area contributed by atoms with Gasteiger partial charge in [-0.3, -0.25) is 4.79 Å². The normalized spacial score (nSPS) is 21.1. The van der Waals surface area contributed by atoms with Crippen LogP contribution in [-0.4, -0.2) is 55.5 Å². The first kappa shape index (κ1) is 27.6. The highest BCUT2D eigenvalue weighted by atomic mass is 32.2. The number of hydrogen-bond donors (Lipinski definition) is 2. The average molecular weight is 491 g/mol. The number of rotatable bonds is 14. The Bertz CT molecular complexity index is 844. The third kappa shape index (κ3) is 8.90. The Morgan fingerprint density at radius 2 is 1.88 bits per heavy atom. The van der Waals surface area contributed by atoms with Crippen LogP contribution in [0.15, 0.2) is 65.1 Å². The summed E-state index contributed by atoms with van der Waals surface area (Å²) in [6, 6.07) is 9.76. The van der Waals surface area contributed by atoms with E-state index in [1.165, 1.54) is 11.8 Å². The molecule has 0 amide bonds. The van der Waals surface area contributed by atoms with Gasteiger partial charge in [0, 0.05) is 12.2 Å². The smallest absolute Gasteiger partial charge is 0.198 e. The molecule has 2 rings (SSSR count). The molecule has 2 N–H and O–H groups in total. The summed E-state index contributed by atoms with van der Waals surface area (Å²) in [5.41, 5.74) is -0.128. The van der Waals surface area contributed by atoms with E-state index < -0.39 is 20.0 Å². The molecule has 0 heterocycles. The predicted molar refractivity (Wildman–Crippen MR) is 139 cm³/mol. The predicted octanol–water partition coefficient (Wildman–Crippen LogP) is 5.27. The van der Waals surface area contributed by atoms with Gasteiger partial charge in [-0.15, -0.1) is 11.8 Å². The van der Waals surface area contributed by atoms with Crippen LogP contribution in [0.2, 0.25) is 19.6 Å². The number of Topliss-reactive ketones (excluding diaryl/α,β-unsaturated/α-hetero) is 1. The van der Waals surface area contributed by atoms with Crippen molar-refractivity contribution in [3.63, 3.8) is 0 Å². The molecule has 5 nitrogen and oxygen atoms in total. The number of hydrogen-bond acceptors (Lipinski definition) is 6. The monoisotopic (exact) mass is 490 g/mol. The summed E-state index contributed by atoms with van der Waals surface area (Å²) in [6.07, 6.45) is 11.9. The number of aliphatic hydroxyl groups excluding tert-OH is 2. The van der Waals surface area contributed by atoms with Crippen LogP contribution in [0, 0.1) is 0 Å². The maximum atomic E-state index is 13.2. The lowest BCUT2D eigenvalue weighted by Gasteiger charge is -2.36. The second-order valence-electron chi connectivity index (χ2n) is 9.16. The van der Waals surface area contributed by atoms with Crippen LogP contribution in [0.25, 0.3) is 0 Å². The van der Waals surface area contributed by atoms with E-state index in [0.717, 1.165) is 18.6 Å². The van der Waals surface area contributed by atoms with Gasteiger partial charge in [-0.1, -0.05) is 36.4 Å². The van der Waals surface area contributed by atoms with E-state index in [1.807, 2.05) is 42.7 Å². The van der Waals surface area contributed by atoms with E-state index in [2.05, 4.69) is 19.6 Å². The number of ether oxygens (including phenoxy) is 1. The van der Waals surface area contributed by atoms with Gasteiger partial charge < -0.3 is 19.4 Å². The maximum Gasteiger partial charge on any atom is 0.198 e. The van der Waals surface area contributed by atoms with E-state index in [4.69, 9.17) is 14.3 Å². The van der Waals surface area contributed by atoms with Gasteiger partial charge in [0.25, 0.3) is 0 Å². The largest absolute Gasteiger partial charge is 0.494 e. The number of ketones is 1. The van der Waals surface area contributed by atoms with E-state index in [1.54, 1.807) is 18.2 Å². The number of aliphatic hydroxyl groups is 2. The molecule has 1 aliphatic rings. The Kier molecular flexibility index (Phi) is 11.1. The molecule has 0 saturated carbocycles. The molecule has 1 aromatic rings. The topological polar surface area (TPSA) is 76.0 Å². The first-order valence-corrected chi connectivity index (χ1v) is 16.2. The second kappa shape index (κ2) is 13.3. The van der Waals surface area contributed by atoms with Gasteiger partial charge in [0.15, 0.2) is 14.1 Å². The van der Waals surface area contributed by atoms with Crippen molar-refractivity contribution in [3.05, 3.63) is 65.1 Å². The average Bonchev–Trinajstić information content (AvgIpc) is 3.02. The molecular formula is C26H38O5SSi. The molecule has 0 radical (unpaired) electrons. The minimum absolute atomic E-state index is 0.00390. The minimum atomic E-state index is -1.99. The van der Waals surface area contributed by atoms with Gasteiger partial charge in [-0.2, -0.15) is 0 Å². The minimum Gasteiger partial charge on any atom is -0.494 e. The van der Waals surface area contributed by atoms with E-state index in [-0.39, 0.29) is 12.4 Å². The van der Waals surface area contributed by atoms with Crippen LogP contribution in [0.5, 0.6) is 5.75 Å². The highest BCUT2D eigenvalue weighted by Crippen LogP contribution is 2.43. The highest BCUT2D eigenvalue weighted by Gasteiger charge is 2.45. The van der Waals surface area contributed by atoms with Gasteiger partial charge in [0.05, 0.1) is 17.6 Å². The van der Waals surface area contributed by atoms with Gasteiger partial charge in [-0.05, 0) is 76.2 Å². The third-order valence-corrected chi connectivity index (χ3v) is 6.93. The Labute approximate surface area is 203 Å². The van der Waals surface area contributed by atoms with Crippen LogP contribution in [0.3, 0.4) is 0 Å². The van der Waals surface area contributed by atoms with Crippen molar-refractivity contribution in [2.24, 2.45) is 0 Å². The molecule has 33 heavy (non-hydrogen) atoms. The molecule has 0 saturated heterocycles. The van der Waals surface area contributed by atoms with Crippen molar-refractivity contribution < 1.29 is 24.2 Å². The van der Waals surface area contributed by atoms with Crippen molar-refractivity contribution in [1.82, 2.24) is 0 Å². The molecule has 0 fully saturated rings. The van der Waals surface area contributed by atoms with Crippen LogP contribution in [-0.2, 0) is 9.22 Å². The Hall–Kier alpha value is -1.64. The number of carbonyl (C=O) groups excluding carboxylic acids is 1. The summed E-state index contributed by atoms with van der Waals surface area (Å²) in [6.45, 7) is 7.06. The van der Waals surface area contributed by atoms with Crippen molar-refractivity contribution in [2.75, 3.05) is 19.5 Å². The first-order chi connectivity index (χ1) is 15.7. The standard InChI is InChI=1S/C26H38O5SSi/c1-32-24-20-26(31-33(2,3)4,17-8-9-19-30-22-14-6-5-7-15-22)23(25(24)29)16-10-12-21(28)13-11-18-27/h5-7,10,12,14-16,20-21,27-28H,8-9,11,13,17-19H2,1-4H3. The van der Waals surface area contributed by atoms with Crippen molar-refractivity contribution in [1.29, 1.82) is 0 Å². The lowest BCUT2D eigenvalue weighted by molar-refractivity contribution is -0.112. The molecule has 0 aliphatic heterocycles. The fourth-order valence-electron chi connectivity index (χ4n) is 3.81. The number of allylic oxidation sites excluding steroid dienone is 3. The second-order valence-corrected chi connectivity index (χ2v) is 14.4. The first-order valence-electron chi connectivity index (χ1n) is 11.6. The highest BCUT2D eigenvalue weighted by molar-refractivity contribution is 8.03. The van der Waals surface area contributed by atoms with E-state index in [9.17, 15) is 9.90 Å². The van der Waals surface area contributed by atoms with Crippen molar-refractivity contribution >= 4 is 25.9 Å². The lowest BCUT2D eigenvalue weighted by atomic mass is 9.90. The summed E-state index contributed by atoms with van der Waals surface area (Å²) < 4.78 is 12.5. The van der Waals surface area contributed by atoms with Crippen LogP contribution in [0.1, 0.15) is 32.1 Å². The molecule has 182 valence electrons. The molecular weight excluding hydrogens is 452 g/mol. The van der Waals surface area contributed by atoms with Crippen LogP contribution < -0.4 is 4.74 Å². The number of benzene rings is 1. The summed E-state index contributed by atoms with van der Waals surface area (Å²) >= 11 is 1.44. The van der Waals surface area contributed by atoms with E-state index >= 15 is 0 Å². The summed E-state index contributed by atoms with van der Waals surface area (Å²) in [7, 11) is -1.99. The zero-order valence-corrected chi connectivity index (χ0v) is 22.1. The van der Waals surface area contributed by atoms with Crippen molar-refractivity contribution in [2.45, 2.75) is 63.5 Å². The van der Waals surface area contributed by atoms with Crippen LogP contribution >= 0.6 is 11.8 Å². The molecule has 1 aromatic carbocycles. The zero-order valence-electron chi connectivity index (χ0n) is 20.3. The molecule has 0 spiro atoms.